The van der Waals surface area contributed by atoms with Gasteiger partial charge in [0.1, 0.15) is 0 Å². The van der Waals surface area contributed by atoms with Crippen molar-refractivity contribution < 1.29 is 4.79 Å². The van der Waals surface area contributed by atoms with Gasteiger partial charge in [0.25, 0.3) is 5.91 Å². The number of aromatic amines is 1. The summed E-state index contributed by atoms with van der Waals surface area (Å²) in [5, 5.41) is 7.38. The standard InChI is InChI=1S/C16H20N4O2/c1-9-15(10(2)20(3)19-9)16(22)18-13-6-4-5-12-11(13)7-8-14(21)17-12/h7-8,13H,4-6H2,1-3H3,(H,17,21)(H,18,22)/t13-/m0/s1. The predicted molar refractivity (Wildman–Crippen MR) is 82.9 cm³/mol. The van der Waals surface area contributed by atoms with Crippen molar-refractivity contribution in [3.8, 4) is 0 Å². The molecular formula is C16H20N4O2. The van der Waals surface area contributed by atoms with Crippen molar-refractivity contribution in [3.63, 3.8) is 0 Å². The van der Waals surface area contributed by atoms with E-state index in [-0.39, 0.29) is 17.5 Å². The van der Waals surface area contributed by atoms with Crippen LogP contribution in [0.15, 0.2) is 16.9 Å². The molecule has 1 aliphatic rings. The molecule has 116 valence electrons. The van der Waals surface area contributed by atoms with Crippen molar-refractivity contribution in [1.82, 2.24) is 20.1 Å². The van der Waals surface area contributed by atoms with E-state index in [0.29, 0.717) is 5.56 Å². The summed E-state index contributed by atoms with van der Waals surface area (Å²) < 4.78 is 1.72. The van der Waals surface area contributed by atoms with Crippen LogP contribution >= 0.6 is 0 Å². The molecule has 6 heteroatoms. The molecule has 1 aliphatic carbocycles. The van der Waals surface area contributed by atoms with Crippen LogP contribution in [0, 0.1) is 13.8 Å². The van der Waals surface area contributed by atoms with Crippen molar-refractivity contribution in [1.29, 1.82) is 0 Å². The first-order chi connectivity index (χ1) is 10.5. The van der Waals surface area contributed by atoms with E-state index in [1.165, 1.54) is 6.07 Å². The Hall–Kier alpha value is -2.37. The van der Waals surface area contributed by atoms with E-state index in [1.807, 2.05) is 27.0 Å². The maximum atomic E-state index is 12.6. The lowest BCUT2D eigenvalue weighted by molar-refractivity contribution is 0.0931. The molecule has 3 rings (SSSR count). The molecule has 2 heterocycles. The van der Waals surface area contributed by atoms with E-state index in [4.69, 9.17) is 0 Å². The Labute approximate surface area is 128 Å². The molecule has 1 amide bonds. The van der Waals surface area contributed by atoms with Crippen LogP contribution in [0.2, 0.25) is 0 Å². The molecule has 1 atom stereocenters. The third kappa shape index (κ3) is 2.45. The van der Waals surface area contributed by atoms with Gasteiger partial charge in [-0.15, -0.1) is 0 Å². The number of fused-ring (bicyclic) bond motifs is 1. The summed E-state index contributed by atoms with van der Waals surface area (Å²) in [7, 11) is 1.83. The largest absolute Gasteiger partial charge is 0.345 e. The average molecular weight is 300 g/mol. The topological polar surface area (TPSA) is 79.8 Å². The summed E-state index contributed by atoms with van der Waals surface area (Å²) in [4.78, 5) is 26.9. The number of hydrogen-bond acceptors (Lipinski definition) is 3. The number of aromatic nitrogens is 3. The molecule has 0 spiro atoms. The highest BCUT2D eigenvalue weighted by atomic mass is 16.1. The van der Waals surface area contributed by atoms with E-state index in [1.54, 1.807) is 4.68 Å². The quantitative estimate of drug-likeness (QED) is 0.882. The van der Waals surface area contributed by atoms with Crippen molar-refractivity contribution in [3.05, 3.63) is 50.7 Å². The van der Waals surface area contributed by atoms with Crippen LogP contribution in [0.4, 0.5) is 0 Å². The number of hydrogen-bond donors (Lipinski definition) is 2. The molecule has 0 aliphatic heterocycles. The Morgan fingerprint density at radius 3 is 2.86 bits per heavy atom. The fraction of sp³-hybridized carbons (Fsp3) is 0.438. The van der Waals surface area contributed by atoms with Crippen LogP contribution in [-0.4, -0.2) is 20.7 Å². The fourth-order valence-corrected chi connectivity index (χ4v) is 3.18. The molecule has 0 fully saturated rings. The number of carbonyl (C=O) groups is 1. The van der Waals surface area contributed by atoms with Gasteiger partial charge in [0.2, 0.25) is 5.56 Å². The Balaban J connectivity index is 1.88. The van der Waals surface area contributed by atoms with Gasteiger partial charge in [-0.3, -0.25) is 14.3 Å². The van der Waals surface area contributed by atoms with Crippen LogP contribution in [-0.2, 0) is 13.5 Å². The zero-order valence-corrected chi connectivity index (χ0v) is 13.1. The Bertz CT molecular complexity index is 788. The van der Waals surface area contributed by atoms with Gasteiger partial charge in [0, 0.05) is 24.5 Å². The summed E-state index contributed by atoms with van der Waals surface area (Å²) in [6.07, 6.45) is 2.68. The van der Waals surface area contributed by atoms with Crippen molar-refractivity contribution in [2.45, 2.75) is 39.2 Å². The van der Waals surface area contributed by atoms with Crippen molar-refractivity contribution in [2.75, 3.05) is 0 Å². The van der Waals surface area contributed by atoms with Crippen LogP contribution < -0.4 is 10.9 Å². The molecule has 0 aromatic carbocycles. The zero-order valence-electron chi connectivity index (χ0n) is 13.1. The van der Waals surface area contributed by atoms with Gasteiger partial charge in [-0.25, -0.2) is 0 Å². The maximum Gasteiger partial charge on any atom is 0.255 e. The average Bonchev–Trinajstić information content (AvgIpc) is 2.72. The molecular weight excluding hydrogens is 280 g/mol. The highest BCUT2D eigenvalue weighted by molar-refractivity contribution is 5.96. The van der Waals surface area contributed by atoms with Gasteiger partial charge in [-0.1, -0.05) is 0 Å². The van der Waals surface area contributed by atoms with E-state index >= 15 is 0 Å². The minimum Gasteiger partial charge on any atom is -0.345 e. The highest BCUT2D eigenvalue weighted by Crippen LogP contribution is 2.28. The third-order valence-electron chi connectivity index (χ3n) is 4.37. The van der Waals surface area contributed by atoms with Gasteiger partial charge in [-0.05, 0) is 44.7 Å². The van der Waals surface area contributed by atoms with Gasteiger partial charge < -0.3 is 10.3 Å². The molecule has 0 saturated carbocycles. The first kappa shape index (κ1) is 14.6. The molecule has 2 aromatic rings. The first-order valence-electron chi connectivity index (χ1n) is 7.50. The number of pyridine rings is 1. The zero-order chi connectivity index (χ0) is 15.9. The summed E-state index contributed by atoms with van der Waals surface area (Å²) in [5.74, 6) is -0.104. The predicted octanol–water partition coefficient (Wildman–Crippen LogP) is 1.53. The maximum absolute atomic E-state index is 12.6. The Kier molecular flexibility index (Phi) is 3.60. The number of carbonyl (C=O) groups excluding carboxylic acids is 1. The summed E-state index contributed by atoms with van der Waals surface area (Å²) in [6, 6.07) is 3.28. The summed E-state index contributed by atoms with van der Waals surface area (Å²) >= 11 is 0. The van der Waals surface area contributed by atoms with Crippen LogP contribution in [0.5, 0.6) is 0 Å². The molecule has 0 unspecified atom stereocenters. The van der Waals surface area contributed by atoms with E-state index in [2.05, 4.69) is 15.4 Å². The Morgan fingerprint density at radius 2 is 2.18 bits per heavy atom. The normalized spacial score (nSPS) is 17.1. The summed E-state index contributed by atoms with van der Waals surface area (Å²) in [6.45, 7) is 3.73. The fourth-order valence-electron chi connectivity index (χ4n) is 3.18. The van der Waals surface area contributed by atoms with Gasteiger partial charge >= 0.3 is 0 Å². The lowest BCUT2D eigenvalue weighted by Crippen LogP contribution is -2.32. The van der Waals surface area contributed by atoms with E-state index < -0.39 is 0 Å². The minimum absolute atomic E-state index is 0.0629. The molecule has 0 radical (unpaired) electrons. The molecule has 6 nitrogen and oxygen atoms in total. The first-order valence-corrected chi connectivity index (χ1v) is 7.50. The molecule has 2 aromatic heterocycles. The van der Waals surface area contributed by atoms with Gasteiger partial charge in [-0.2, -0.15) is 5.10 Å². The summed E-state index contributed by atoms with van der Waals surface area (Å²) in [5.41, 5.74) is 4.08. The lowest BCUT2D eigenvalue weighted by Gasteiger charge is -2.26. The smallest absolute Gasteiger partial charge is 0.255 e. The second kappa shape index (κ2) is 5.44. The lowest BCUT2D eigenvalue weighted by atomic mass is 9.91. The van der Waals surface area contributed by atoms with Gasteiger partial charge in [0.05, 0.1) is 17.3 Å². The number of nitrogens with one attached hydrogen (secondary N) is 2. The van der Waals surface area contributed by atoms with Crippen molar-refractivity contribution >= 4 is 5.91 Å². The number of H-pyrrole nitrogens is 1. The monoisotopic (exact) mass is 300 g/mol. The second-order valence-corrected chi connectivity index (χ2v) is 5.84. The third-order valence-corrected chi connectivity index (χ3v) is 4.37. The number of amides is 1. The number of aryl methyl sites for hydroxylation is 3. The molecule has 2 N–H and O–H groups in total. The van der Waals surface area contributed by atoms with Crippen LogP contribution in [0.1, 0.15) is 51.9 Å². The van der Waals surface area contributed by atoms with Gasteiger partial charge in [0.15, 0.2) is 0 Å². The van der Waals surface area contributed by atoms with Crippen LogP contribution in [0.3, 0.4) is 0 Å². The molecule has 22 heavy (non-hydrogen) atoms. The van der Waals surface area contributed by atoms with E-state index in [0.717, 1.165) is 41.9 Å². The van der Waals surface area contributed by atoms with Crippen molar-refractivity contribution in [2.24, 2.45) is 7.05 Å². The second-order valence-electron chi connectivity index (χ2n) is 5.84. The highest BCUT2D eigenvalue weighted by Gasteiger charge is 2.25. The molecule has 0 bridgehead atoms. The van der Waals surface area contributed by atoms with Crippen LogP contribution in [0.25, 0.3) is 0 Å². The van der Waals surface area contributed by atoms with E-state index in [9.17, 15) is 9.59 Å². The number of rotatable bonds is 2. The SMILES string of the molecule is Cc1nn(C)c(C)c1C(=O)N[C@H]1CCCc2[nH]c(=O)ccc21. The minimum atomic E-state index is -0.104. The Morgan fingerprint density at radius 1 is 1.41 bits per heavy atom. The number of nitrogens with zero attached hydrogens (tertiary/aromatic N) is 2. The molecule has 0 saturated heterocycles.